The van der Waals surface area contributed by atoms with Crippen LogP contribution >= 0.6 is 0 Å². The second-order valence-electron chi connectivity index (χ2n) is 7.24. The Bertz CT molecular complexity index is 1050. The smallest absolute Gasteiger partial charge is 0.222 e. The molecule has 2 aromatic heterocycles. The topological polar surface area (TPSA) is 105 Å². The number of rotatable bonds is 2. The average Bonchev–Trinajstić information content (AvgIpc) is 2.93. The standard InChI is InChI=1S/C19H22N6O2S/c1-13-17(8-5-14-4-3-9-21-10-14)18(23-19(20)22-13)24-11-15-6-7-16(12-24)25(15)28(2,26)27/h3-4,9-10,15-16H,6-7,11-12H2,1-2H3,(H2,20,22,23). The number of aryl methyl sites for hydroxylation is 1. The van der Waals surface area contributed by atoms with E-state index in [1.54, 1.807) is 16.7 Å². The summed E-state index contributed by atoms with van der Waals surface area (Å²) in [6.45, 7) is 3.00. The number of fused-ring (bicyclic) bond motifs is 2. The highest BCUT2D eigenvalue weighted by Gasteiger charge is 2.45. The molecular formula is C19H22N6O2S. The summed E-state index contributed by atoms with van der Waals surface area (Å²) in [5, 5.41) is 0. The maximum absolute atomic E-state index is 12.2. The summed E-state index contributed by atoms with van der Waals surface area (Å²) in [7, 11) is -3.23. The number of anilines is 2. The molecule has 4 rings (SSSR count). The van der Waals surface area contributed by atoms with E-state index in [0.717, 1.165) is 18.4 Å². The van der Waals surface area contributed by atoms with Crippen molar-refractivity contribution in [1.82, 2.24) is 19.3 Å². The van der Waals surface area contributed by atoms with E-state index in [1.807, 2.05) is 19.1 Å². The van der Waals surface area contributed by atoms with Crippen molar-refractivity contribution < 1.29 is 8.42 Å². The summed E-state index contributed by atoms with van der Waals surface area (Å²) in [6, 6.07) is 3.62. The molecule has 4 heterocycles. The van der Waals surface area contributed by atoms with Gasteiger partial charge < -0.3 is 10.6 Å². The van der Waals surface area contributed by atoms with Gasteiger partial charge in [0.2, 0.25) is 16.0 Å². The van der Waals surface area contributed by atoms with Gasteiger partial charge in [0.1, 0.15) is 5.82 Å². The summed E-state index contributed by atoms with van der Waals surface area (Å²) < 4.78 is 26.0. The third-order valence-electron chi connectivity index (χ3n) is 5.18. The number of pyridine rings is 1. The average molecular weight is 398 g/mol. The van der Waals surface area contributed by atoms with Gasteiger partial charge in [-0.2, -0.15) is 9.29 Å². The van der Waals surface area contributed by atoms with E-state index in [4.69, 9.17) is 5.73 Å². The lowest BCUT2D eigenvalue weighted by Gasteiger charge is -2.40. The third-order valence-corrected chi connectivity index (χ3v) is 6.54. The van der Waals surface area contributed by atoms with Crippen LogP contribution in [0.15, 0.2) is 24.5 Å². The third kappa shape index (κ3) is 3.53. The number of piperazine rings is 1. The summed E-state index contributed by atoms with van der Waals surface area (Å²) >= 11 is 0. The van der Waals surface area contributed by atoms with E-state index < -0.39 is 10.0 Å². The molecule has 9 heteroatoms. The lowest BCUT2D eigenvalue weighted by atomic mass is 10.1. The number of aromatic nitrogens is 3. The highest BCUT2D eigenvalue weighted by atomic mass is 32.2. The van der Waals surface area contributed by atoms with Crippen molar-refractivity contribution in [1.29, 1.82) is 0 Å². The molecule has 0 saturated carbocycles. The first kappa shape index (κ1) is 18.7. The van der Waals surface area contributed by atoms with Crippen LogP contribution in [0.4, 0.5) is 11.8 Å². The molecule has 0 radical (unpaired) electrons. The van der Waals surface area contributed by atoms with Crippen LogP contribution in [-0.2, 0) is 10.0 Å². The van der Waals surface area contributed by atoms with Crippen molar-refractivity contribution in [3.8, 4) is 11.8 Å². The van der Waals surface area contributed by atoms with E-state index in [9.17, 15) is 8.42 Å². The first-order valence-electron chi connectivity index (χ1n) is 9.12. The van der Waals surface area contributed by atoms with Gasteiger partial charge in [-0.15, -0.1) is 0 Å². The minimum Gasteiger partial charge on any atom is -0.368 e. The van der Waals surface area contributed by atoms with Gasteiger partial charge in [-0.25, -0.2) is 13.4 Å². The van der Waals surface area contributed by atoms with E-state index >= 15 is 0 Å². The second kappa shape index (κ2) is 7.04. The van der Waals surface area contributed by atoms with Crippen molar-refractivity contribution in [3.05, 3.63) is 41.3 Å². The lowest BCUT2D eigenvalue weighted by molar-refractivity contribution is 0.287. The van der Waals surface area contributed by atoms with Crippen LogP contribution in [0.25, 0.3) is 0 Å². The van der Waals surface area contributed by atoms with Crippen molar-refractivity contribution >= 4 is 21.8 Å². The monoisotopic (exact) mass is 398 g/mol. The number of hydrogen-bond acceptors (Lipinski definition) is 7. The van der Waals surface area contributed by atoms with Crippen LogP contribution in [0.3, 0.4) is 0 Å². The normalized spacial score (nSPS) is 22.0. The van der Waals surface area contributed by atoms with Crippen LogP contribution in [0, 0.1) is 18.8 Å². The van der Waals surface area contributed by atoms with Gasteiger partial charge in [-0.1, -0.05) is 11.8 Å². The van der Waals surface area contributed by atoms with Crippen LogP contribution in [0.1, 0.15) is 29.7 Å². The summed E-state index contributed by atoms with van der Waals surface area (Å²) in [5.74, 6) is 7.14. The zero-order chi connectivity index (χ0) is 19.9. The molecule has 8 nitrogen and oxygen atoms in total. The molecule has 2 aliphatic rings. The Morgan fingerprint density at radius 2 is 1.89 bits per heavy atom. The largest absolute Gasteiger partial charge is 0.368 e. The first-order valence-corrected chi connectivity index (χ1v) is 11.0. The van der Waals surface area contributed by atoms with Gasteiger partial charge in [0.05, 0.1) is 17.5 Å². The Balaban J connectivity index is 1.70. The van der Waals surface area contributed by atoms with Crippen molar-refractivity contribution in [2.24, 2.45) is 0 Å². The molecule has 2 bridgehead atoms. The molecule has 28 heavy (non-hydrogen) atoms. The molecule has 0 aliphatic carbocycles. The molecule has 0 aromatic carbocycles. The number of nitrogens with zero attached hydrogens (tertiary/aromatic N) is 5. The van der Waals surface area contributed by atoms with Crippen molar-refractivity contribution in [2.75, 3.05) is 30.0 Å². The quantitative estimate of drug-likeness (QED) is 0.745. The lowest BCUT2D eigenvalue weighted by Crippen LogP contribution is -2.55. The van der Waals surface area contributed by atoms with E-state index in [-0.39, 0.29) is 18.0 Å². The Morgan fingerprint density at radius 1 is 1.18 bits per heavy atom. The zero-order valence-corrected chi connectivity index (χ0v) is 16.6. The molecule has 2 fully saturated rings. The Hall–Kier alpha value is -2.70. The van der Waals surface area contributed by atoms with Crippen molar-refractivity contribution in [3.63, 3.8) is 0 Å². The van der Waals surface area contributed by atoms with E-state index in [2.05, 4.69) is 31.7 Å². The molecule has 0 spiro atoms. The predicted octanol–water partition coefficient (Wildman–Crippen LogP) is 0.775. The predicted molar refractivity (Wildman–Crippen MR) is 107 cm³/mol. The van der Waals surface area contributed by atoms with Gasteiger partial charge in [0.25, 0.3) is 0 Å². The fourth-order valence-corrected chi connectivity index (χ4v) is 5.53. The molecule has 2 N–H and O–H groups in total. The number of hydrogen-bond donors (Lipinski definition) is 1. The SMILES string of the molecule is Cc1nc(N)nc(N2CC3CCC(C2)N3S(C)(=O)=O)c1C#Cc1cccnc1. The fraction of sp³-hybridized carbons (Fsp3) is 0.421. The van der Waals surface area contributed by atoms with Gasteiger partial charge in [0.15, 0.2) is 0 Å². The van der Waals surface area contributed by atoms with Crippen molar-refractivity contribution in [2.45, 2.75) is 31.8 Å². The summed E-state index contributed by atoms with van der Waals surface area (Å²) in [6.07, 6.45) is 6.39. The number of sulfonamides is 1. The highest BCUT2D eigenvalue weighted by molar-refractivity contribution is 7.88. The molecule has 2 aliphatic heterocycles. The number of nitrogen functional groups attached to an aromatic ring is 1. The summed E-state index contributed by atoms with van der Waals surface area (Å²) in [5.41, 5.74) is 8.13. The molecule has 2 aromatic rings. The Labute approximate surface area is 164 Å². The molecular weight excluding hydrogens is 376 g/mol. The fourth-order valence-electron chi connectivity index (χ4n) is 4.10. The zero-order valence-electron chi connectivity index (χ0n) is 15.8. The maximum atomic E-state index is 12.2. The second-order valence-corrected chi connectivity index (χ2v) is 9.13. The maximum Gasteiger partial charge on any atom is 0.222 e. The van der Waals surface area contributed by atoms with Gasteiger partial charge in [0, 0.05) is 43.1 Å². The van der Waals surface area contributed by atoms with Crippen LogP contribution in [-0.4, -0.2) is 59.1 Å². The Kier molecular flexibility index (Phi) is 4.69. The number of nitrogens with two attached hydrogens (primary N) is 1. The Morgan fingerprint density at radius 3 is 2.50 bits per heavy atom. The minimum absolute atomic E-state index is 0.0515. The molecule has 146 valence electrons. The molecule has 2 atom stereocenters. The van der Waals surface area contributed by atoms with E-state index in [1.165, 1.54) is 6.26 Å². The van der Waals surface area contributed by atoms with Crippen LogP contribution < -0.4 is 10.6 Å². The van der Waals surface area contributed by atoms with Gasteiger partial charge >= 0.3 is 0 Å². The molecule has 2 unspecified atom stereocenters. The molecule has 0 amide bonds. The van der Waals surface area contributed by atoms with Crippen LogP contribution in [0.2, 0.25) is 0 Å². The summed E-state index contributed by atoms with van der Waals surface area (Å²) in [4.78, 5) is 14.9. The van der Waals surface area contributed by atoms with Gasteiger partial charge in [-0.05, 0) is 31.9 Å². The molecule has 2 saturated heterocycles. The highest BCUT2D eigenvalue weighted by Crippen LogP contribution is 2.35. The first-order chi connectivity index (χ1) is 13.3. The van der Waals surface area contributed by atoms with E-state index in [0.29, 0.717) is 30.2 Å². The van der Waals surface area contributed by atoms with Crippen LogP contribution in [0.5, 0.6) is 0 Å². The van der Waals surface area contributed by atoms with Gasteiger partial charge in [-0.3, -0.25) is 4.98 Å². The minimum atomic E-state index is -3.23.